The standard InChI is InChI=1S/C26H26N2O6S/c1-4-11-33-20-8-6-9-21(14-20)34-25-15-24-23(27(2)26(30)28(24)3)13-19(25)17-35(31,32)22-10-5-7-18(12-22)16-29/h5-10,12-16H,4,11,17H2,1-3H3. The Balaban J connectivity index is 1.81. The van der Waals surface area contributed by atoms with E-state index in [4.69, 9.17) is 9.47 Å². The van der Waals surface area contributed by atoms with Crippen molar-refractivity contribution in [1.82, 2.24) is 9.13 Å². The molecule has 9 heteroatoms. The fourth-order valence-corrected chi connectivity index (χ4v) is 5.22. The third-order valence-electron chi connectivity index (χ3n) is 5.66. The van der Waals surface area contributed by atoms with Crippen molar-refractivity contribution in [2.45, 2.75) is 24.0 Å². The molecule has 0 saturated heterocycles. The predicted octanol–water partition coefficient (Wildman–Crippen LogP) is 4.24. The molecular weight excluding hydrogens is 468 g/mol. The minimum Gasteiger partial charge on any atom is -0.493 e. The summed E-state index contributed by atoms with van der Waals surface area (Å²) < 4.78 is 41.3. The van der Waals surface area contributed by atoms with Gasteiger partial charge in [0.2, 0.25) is 0 Å². The van der Waals surface area contributed by atoms with Gasteiger partial charge in [-0.15, -0.1) is 0 Å². The van der Waals surface area contributed by atoms with Crippen LogP contribution in [0.15, 0.2) is 70.4 Å². The zero-order valence-corrected chi connectivity index (χ0v) is 20.5. The molecule has 4 aromatic rings. The van der Waals surface area contributed by atoms with Gasteiger partial charge in [0.1, 0.15) is 23.5 Å². The van der Waals surface area contributed by atoms with E-state index in [1.165, 1.54) is 27.3 Å². The molecule has 0 aliphatic carbocycles. The Morgan fingerprint density at radius 2 is 1.60 bits per heavy atom. The van der Waals surface area contributed by atoms with E-state index in [-0.39, 0.29) is 21.9 Å². The lowest BCUT2D eigenvalue weighted by Gasteiger charge is -2.14. The van der Waals surface area contributed by atoms with Gasteiger partial charge in [-0.1, -0.05) is 25.1 Å². The van der Waals surface area contributed by atoms with Crippen LogP contribution >= 0.6 is 0 Å². The van der Waals surface area contributed by atoms with Gasteiger partial charge in [-0.05, 0) is 36.8 Å². The van der Waals surface area contributed by atoms with Crippen LogP contribution in [0.2, 0.25) is 0 Å². The van der Waals surface area contributed by atoms with Crippen LogP contribution in [-0.4, -0.2) is 30.4 Å². The van der Waals surface area contributed by atoms with Gasteiger partial charge in [0.05, 0.1) is 28.3 Å². The quantitative estimate of drug-likeness (QED) is 0.323. The number of ether oxygens (including phenoxy) is 2. The summed E-state index contributed by atoms with van der Waals surface area (Å²) in [6, 6.07) is 16.3. The van der Waals surface area contributed by atoms with Crippen LogP contribution in [-0.2, 0) is 29.7 Å². The molecule has 1 aromatic heterocycles. The minimum atomic E-state index is -3.82. The number of hydrogen-bond acceptors (Lipinski definition) is 6. The molecule has 0 bridgehead atoms. The number of aryl methyl sites for hydroxylation is 2. The average molecular weight is 495 g/mol. The van der Waals surface area contributed by atoms with Crippen molar-refractivity contribution < 1.29 is 22.7 Å². The molecule has 0 saturated carbocycles. The summed E-state index contributed by atoms with van der Waals surface area (Å²) in [5.41, 5.74) is 1.61. The van der Waals surface area contributed by atoms with Gasteiger partial charge in [-0.3, -0.25) is 13.9 Å². The molecule has 0 unspecified atom stereocenters. The number of carbonyl (C=O) groups is 1. The van der Waals surface area contributed by atoms with Crippen molar-refractivity contribution >= 4 is 27.2 Å². The van der Waals surface area contributed by atoms with Crippen LogP contribution in [0.5, 0.6) is 17.2 Å². The van der Waals surface area contributed by atoms with Gasteiger partial charge >= 0.3 is 5.69 Å². The highest BCUT2D eigenvalue weighted by Gasteiger charge is 2.22. The van der Waals surface area contributed by atoms with Gasteiger partial charge < -0.3 is 9.47 Å². The molecule has 3 aromatic carbocycles. The first-order chi connectivity index (χ1) is 16.7. The first-order valence-electron chi connectivity index (χ1n) is 11.1. The minimum absolute atomic E-state index is 0.0325. The number of aromatic nitrogens is 2. The van der Waals surface area contributed by atoms with Gasteiger partial charge in [-0.25, -0.2) is 13.2 Å². The molecule has 0 atom stereocenters. The van der Waals surface area contributed by atoms with Crippen molar-refractivity contribution in [3.8, 4) is 17.2 Å². The largest absolute Gasteiger partial charge is 0.493 e. The molecule has 0 spiro atoms. The van der Waals surface area contributed by atoms with Gasteiger partial charge in [-0.2, -0.15) is 0 Å². The summed E-state index contributed by atoms with van der Waals surface area (Å²) in [6.45, 7) is 2.57. The van der Waals surface area contributed by atoms with Gasteiger partial charge in [0.25, 0.3) is 0 Å². The molecule has 1 heterocycles. The lowest BCUT2D eigenvalue weighted by molar-refractivity contribution is 0.112. The predicted molar refractivity (Wildman–Crippen MR) is 133 cm³/mol. The monoisotopic (exact) mass is 494 g/mol. The Labute approximate surface area is 203 Å². The Hall–Kier alpha value is -3.85. The average Bonchev–Trinajstić information content (AvgIpc) is 3.06. The van der Waals surface area contributed by atoms with Gasteiger partial charge in [0, 0.05) is 37.4 Å². The van der Waals surface area contributed by atoms with Crippen LogP contribution in [0.1, 0.15) is 29.3 Å². The lowest BCUT2D eigenvalue weighted by Crippen LogP contribution is -2.19. The SMILES string of the molecule is CCCOc1cccc(Oc2cc3c(cc2CS(=O)(=O)c2cccc(C=O)c2)n(C)c(=O)n3C)c1. The number of fused-ring (bicyclic) bond motifs is 1. The third kappa shape index (κ3) is 5.00. The number of nitrogens with zero attached hydrogens (tertiary/aromatic N) is 2. The Bertz CT molecular complexity index is 1570. The molecule has 8 nitrogen and oxygen atoms in total. The van der Waals surface area contributed by atoms with Crippen LogP contribution in [0, 0.1) is 0 Å². The topological polar surface area (TPSA) is 96.6 Å². The summed E-state index contributed by atoms with van der Waals surface area (Å²) in [4.78, 5) is 23.7. The maximum Gasteiger partial charge on any atom is 0.328 e. The fraction of sp³-hybridized carbons (Fsp3) is 0.231. The van der Waals surface area contributed by atoms with Crippen molar-refractivity contribution in [2.75, 3.05) is 6.61 Å². The number of sulfone groups is 1. The van der Waals surface area contributed by atoms with E-state index >= 15 is 0 Å². The molecule has 0 amide bonds. The second-order valence-corrected chi connectivity index (χ2v) is 10.2. The summed E-state index contributed by atoms with van der Waals surface area (Å²) in [5, 5.41) is 0. The molecule has 182 valence electrons. The van der Waals surface area contributed by atoms with Gasteiger partial charge in [0.15, 0.2) is 9.84 Å². The Kier molecular flexibility index (Phi) is 6.79. The molecule has 0 N–H and O–H groups in total. The second-order valence-electron chi connectivity index (χ2n) is 8.22. The molecule has 0 aliphatic rings. The van der Waals surface area contributed by atoms with Crippen molar-refractivity contribution in [3.05, 3.63) is 82.3 Å². The van der Waals surface area contributed by atoms with E-state index in [0.717, 1.165) is 6.42 Å². The maximum absolute atomic E-state index is 13.3. The number of hydrogen-bond donors (Lipinski definition) is 0. The van der Waals surface area contributed by atoms with E-state index < -0.39 is 9.84 Å². The van der Waals surface area contributed by atoms with E-state index in [1.54, 1.807) is 50.5 Å². The summed E-state index contributed by atoms with van der Waals surface area (Å²) in [6.07, 6.45) is 1.46. The molecular formula is C26H26N2O6S. The number of rotatable bonds is 9. The second kappa shape index (κ2) is 9.79. The third-order valence-corrected chi connectivity index (χ3v) is 7.32. The zero-order valence-electron chi connectivity index (χ0n) is 19.7. The van der Waals surface area contributed by atoms with E-state index in [2.05, 4.69) is 0 Å². The van der Waals surface area contributed by atoms with Crippen molar-refractivity contribution in [1.29, 1.82) is 0 Å². The van der Waals surface area contributed by atoms with E-state index in [0.29, 0.717) is 46.7 Å². The van der Waals surface area contributed by atoms with Crippen LogP contribution in [0.3, 0.4) is 0 Å². The summed E-state index contributed by atoms with van der Waals surface area (Å²) in [5.74, 6) is 1.04. The normalized spacial score (nSPS) is 11.5. The maximum atomic E-state index is 13.3. The highest BCUT2D eigenvalue weighted by molar-refractivity contribution is 7.90. The number of aldehydes is 1. The van der Waals surface area contributed by atoms with Crippen molar-refractivity contribution in [3.63, 3.8) is 0 Å². The molecule has 4 rings (SSSR count). The van der Waals surface area contributed by atoms with Crippen LogP contribution in [0.25, 0.3) is 11.0 Å². The van der Waals surface area contributed by atoms with Crippen molar-refractivity contribution in [2.24, 2.45) is 14.1 Å². The zero-order chi connectivity index (χ0) is 25.2. The Morgan fingerprint density at radius 1 is 0.914 bits per heavy atom. The lowest BCUT2D eigenvalue weighted by atomic mass is 10.2. The molecule has 0 fully saturated rings. The van der Waals surface area contributed by atoms with Crippen LogP contribution in [0.4, 0.5) is 0 Å². The van der Waals surface area contributed by atoms with E-state index in [1.807, 2.05) is 13.0 Å². The molecule has 0 aliphatic heterocycles. The summed E-state index contributed by atoms with van der Waals surface area (Å²) >= 11 is 0. The number of imidazole rings is 1. The smallest absolute Gasteiger partial charge is 0.328 e. The fourth-order valence-electron chi connectivity index (χ4n) is 3.82. The number of benzene rings is 3. The number of carbonyl (C=O) groups excluding carboxylic acids is 1. The summed E-state index contributed by atoms with van der Waals surface area (Å²) in [7, 11) is -0.545. The first kappa shape index (κ1) is 24.3. The first-order valence-corrected chi connectivity index (χ1v) is 12.8. The van der Waals surface area contributed by atoms with E-state index in [9.17, 15) is 18.0 Å². The Morgan fingerprint density at radius 3 is 2.31 bits per heavy atom. The highest BCUT2D eigenvalue weighted by Crippen LogP contribution is 2.33. The highest BCUT2D eigenvalue weighted by atomic mass is 32.2. The molecule has 35 heavy (non-hydrogen) atoms. The molecule has 0 radical (unpaired) electrons. The van der Waals surface area contributed by atoms with Crippen LogP contribution < -0.4 is 15.2 Å².